The van der Waals surface area contributed by atoms with Crippen LogP contribution in [0.5, 0.6) is 0 Å². The van der Waals surface area contributed by atoms with Gasteiger partial charge in [-0.05, 0) is 40.2 Å². The number of benzene rings is 1. The molecular formula is C13H9BrClNO4. The molecule has 0 spiro atoms. The summed E-state index contributed by atoms with van der Waals surface area (Å²) in [4.78, 5) is 23.5. The second kappa shape index (κ2) is 6.11. The van der Waals surface area contributed by atoms with Gasteiger partial charge in [0.1, 0.15) is 0 Å². The maximum atomic E-state index is 12.0. The third-order valence-corrected chi connectivity index (χ3v) is 3.44. The van der Waals surface area contributed by atoms with Crippen LogP contribution >= 0.6 is 27.5 Å². The Labute approximate surface area is 128 Å². The number of esters is 1. The summed E-state index contributed by atoms with van der Waals surface area (Å²) in [6, 6.07) is 6.06. The van der Waals surface area contributed by atoms with Gasteiger partial charge in [0.05, 0.1) is 29.5 Å². The van der Waals surface area contributed by atoms with Crippen LogP contribution in [0.2, 0.25) is 5.02 Å². The van der Waals surface area contributed by atoms with Gasteiger partial charge >= 0.3 is 5.97 Å². The quantitative estimate of drug-likeness (QED) is 0.849. The number of anilines is 1. The highest BCUT2D eigenvalue weighted by Gasteiger charge is 2.15. The monoisotopic (exact) mass is 357 g/mol. The van der Waals surface area contributed by atoms with Crippen molar-refractivity contribution in [1.82, 2.24) is 0 Å². The van der Waals surface area contributed by atoms with Crippen molar-refractivity contribution in [3.63, 3.8) is 0 Å². The van der Waals surface area contributed by atoms with E-state index in [4.69, 9.17) is 16.0 Å². The normalized spacial score (nSPS) is 10.2. The first-order chi connectivity index (χ1) is 9.52. The van der Waals surface area contributed by atoms with Crippen LogP contribution in [0.4, 0.5) is 5.69 Å². The van der Waals surface area contributed by atoms with Crippen LogP contribution in [0.1, 0.15) is 20.7 Å². The average molecular weight is 359 g/mol. The van der Waals surface area contributed by atoms with E-state index in [0.717, 1.165) is 0 Å². The van der Waals surface area contributed by atoms with Crippen molar-refractivity contribution in [2.24, 2.45) is 0 Å². The Bertz CT molecular complexity index is 668. The topological polar surface area (TPSA) is 68.5 Å². The Morgan fingerprint density at radius 3 is 2.65 bits per heavy atom. The van der Waals surface area contributed by atoms with E-state index >= 15 is 0 Å². The fourth-order valence-corrected chi connectivity index (χ4v) is 2.14. The molecule has 104 valence electrons. The van der Waals surface area contributed by atoms with Gasteiger partial charge in [0, 0.05) is 5.69 Å². The number of ether oxygens (including phenoxy) is 1. The highest BCUT2D eigenvalue weighted by molar-refractivity contribution is 9.10. The van der Waals surface area contributed by atoms with Crippen LogP contribution in [0, 0.1) is 0 Å². The molecule has 0 aliphatic heterocycles. The molecule has 0 atom stereocenters. The summed E-state index contributed by atoms with van der Waals surface area (Å²) in [6.07, 6.45) is 1.39. The third kappa shape index (κ3) is 3.02. The van der Waals surface area contributed by atoms with E-state index < -0.39 is 5.97 Å². The van der Waals surface area contributed by atoms with E-state index in [-0.39, 0.29) is 16.5 Å². The van der Waals surface area contributed by atoms with Gasteiger partial charge in [-0.1, -0.05) is 11.6 Å². The maximum absolute atomic E-state index is 12.0. The lowest BCUT2D eigenvalue weighted by Gasteiger charge is -2.07. The van der Waals surface area contributed by atoms with Crippen LogP contribution in [0.3, 0.4) is 0 Å². The minimum Gasteiger partial charge on any atom is -0.465 e. The third-order valence-electron chi connectivity index (χ3n) is 2.49. The Kier molecular flexibility index (Phi) is 4.46. The molecular weight excluding hydrogens is 350 g/mol. The minimum atomic E-state index is -0.574. The average Bonchev–Trinajstić information content (AvgIpc) is 2.86. The molecule has 0 radical (unpaired) electrons. The second-order valence-electron chi connectivity index (χ2n) is 3.75. The zero-order valence-electron chi connectivity index (χ0n) is 10.3. The first-order valence-corrected chi connectivity index (χ1v) is 6.62. The largest absolute Gasteiger partial charge is 0.465 e. The van der Waals surface area contributed by atoms with E-state index in [2.05, 4.69) is 26.0 Å². The van der Waals surface area contributed by atoms with E-state index in [9.17, 15) is 9.59 Å². The molecule has 1 N–H and O–H groups in total. The van der Waals surface area contributed by atoms with Crippen molar-refractivity contribution in [2.75, 3.05) is 12.4 Å². The zero-order chi connectivity index (χ0) is 14.7. The van der Waals surface area contributed by atoms with Crippen molar-refractivity contribution in [2.45, 2.75) is 0 Å². The molecule has 20 heavy (non-hydrogen) atoms. The smallest absolute Gasteiger partial charge is 0.339 e. The van der Waals surface area contributed by atoms with Crippen molar-refractivity contribution >= 4 is 45.1 Å². The first kappa shape index (κ1) is 14.6. The fraction of sp³-hybridized carbons (Fsp3) is 0.0769. The van der Waals surface area contributed by atoms with Crippen LogP contribution in [0.15, 0.2) is 39.6 Å². The van der Waals surface area contributed by atoms with E-state index in [1.807, 2.05) is 0 Å². The number of halogens is 2. The molecule has 5 nitrogen and oxygen atoms in total. The summed E-state index contributed by atoms with van der Waals surface area (Å²) >= 11 is 9.01. The molecule has 2 aromatic rings. The van der Waals surface area contributed by atoms with E-state index in [0.29, 0.717) is 15.9 Å². The van der Waals surface area contributed by atoms with Crippen molar-refractivity contribution < 1.29 is 18.7 Å². The molecule has 0 fully saturated rings. The number of rotatable bonds is 3. The van der Waals surface area contributed by atoms with Gasteiger partial charge in [0.25, 0.3) is 5.91 Å². The van der Waals surface area contributed by atoms with Crippen LogP contribution in [-0.4, -0.2) is 19.0 Å². The predicted octanol–water partition coefficient (Wildman–Crippen LogP) is 3.73. The van der Waals surface area contributed by atoms with Crippen molar-refractivity contribution in [3.05, 3.63) is 51.3 Å². The van der Waals surface area contributed by atoms with Gasteiger partial charge in [-0.15, -0.1) is 0 Å². The lowest BCUT2D eigenvalue weighted by molar-refractivity contribution is 0.0600. The summed E-state index contributed by atoms with van der Waals surface area (Å²) < 4.78 is 9.92. The molecule has 2 rings (SSSR count). The molecule has 0 saturated carbocycles. The van der Waals surface area contributed by atoms with Crippen LogP contribution < -0.4 is 5.32 Å². The Balaban J connectivity index is 2.24. The summed E-state index contributed by atoms with van der Waals surface area (Å²) in [6.45, 7) is 0. The lowest BCUT2D eigenvalue weighted by atomic mass is 10.2. The van der Waals surface area contributed by atoms with E-state index in [1.54, 1.807) is 6.07 Å². The van der Waals surface area contributed by atoms with Gasteiger partial charge in [-0.2, -0.15) is 0 Å². The number of nitrogens with one attached hydrogen (secondary N) is 1. The number of furan rings is 1. The molecule has 0 bridgehead atoms. The molecule has 7 heteroatoms. The van der Waals surface area contributed by atoms with Gasteiger partial charge < -0.3 is 14.5 Å². The lowest BCUT2D eigenvalue weighted by Crippen LogP contribution is -2.12. The summed E-state index contributed by atoms with van der Waals surface area (Å²) in [5.74, 6) is -0.945. The number of carbonyl (C=O) groups excluding carboxylic acids is 2. The Morgan fingerprint density at radius 2 is 2.05 bits per heavy atom. The summed E-state index contributed by atoms with van der Waals surface area (Å²) in [7, 11) is 1.26. The standard InChI is InChI=1S/C13H9BrClNO4/c1-19-13(18)9-6-7(2-3-10(9)15)16-12(17)8-4-5-20-11(8)14/h2-6H,1H3,(H,16,17). The zero-order valence-corrected chi connectivity index (χ0v) is 12.6. The molecule has 0 aliphatic carbocycles. The Morgan fingerprint density at radius 1 is 1.30 bits per heavy atom. The fourth-order valence-electron chi connectivity index (χ4n) is 1.52. The first-order valence-electron chi connectivity index (χ1n) is 5.45. The highest BCUT2D eigenvalue weighted by atomic mass is 79.9. The predicted molar refractivity (Wildman–Crippen MR) is 77.2 cm³/mol. The molecule has 1 amide bonds. The Hall–Kier alpha value is -1.79. The minimum absolute atomic E-state index is 0.179. The summed E-state index contributed by atoms with van der Waals surface area (Å²) in [5, 5.41) is 2.89. The molecule has 0 unspecified atom stereocenters. The van der Waals surface area contributed by atoms with Crippen molar-refractivity contribution in [1.29, 1.82) is 0 Å². The number of methoxy groups -OCH3 is 1. The number of hydrogen-bond acceptors (Lipinski definition) is 4. The molecule has 1 aromatic carbocycles. The summed E-state index contributed by atoms with van der Waals surface area (Å²) in [5.41, 5.74) is 0.950. The molecule has 0 aliphatic rings. The molecule has 0 saturated heterocycles. The SMILES string of the molecule is COC(=O)c1cc(NC(=O)c2ccoc2Br)ccc1Cl. The number of carbonyl (C=O) groups is 2. The van der Waals surface area contributed by atoms with Gasteiger partial charge in [-0.3, -0.25) is 4.79 Å². The van der Waals surface area contributed by atoms with Crippen LogP contribution in [0.25, 0.3) is 0 Å². The van der Waals surface area contributed by atoms with Crippen LogP contribution in [-0.2, 0) is 4.74 Å². The molecule has 1 heterocycles. The second-order valence-corrected chi connectivity index (χ2v) is 4.88. The van der Waals surface area contributed by atoms with Gasteiger partial charge in [0.2, 0.25) is 0 Å². The molecule has 1 aromatic heterocycles. The number of amides is 1. The highest BCUT2D eigenvalue weighted by Crippen LogP contribution is 2.23. The van der Waals surface area contributed by atoms with Gasteiger partial charge in [0.15, 0.2) is 4.67 Å². The van der Waals surface area contributed by atoms with Gasteiger partial charge in [-0.25, -0.2) is 4.79 Å². The van der Waals surface area contributed by atoms with Crippen molar-refractivity contribution in [3.8, 4) is 0 Å². The van der Waals surface area contributed by atoms with E-state index in [1.165, 1.54) is 31.6 Å². The number of hydrogen-bond donors (Lipinski definition) is 1. The maximum Gasteiger partial charge on any atom is 0.339 e.